The van der Waals surface area contributed by atoms with Gasteiger partial charge in [0.2, 0.25) is 0 Å². The number of rotatable bonds is 1. The molecule has 1 fully saturated rings. The number of nitrogens with zero attached hydrogens (tertiary/aromatic N) is 3. The molecule has 2 aliphatic rings. The van der Waals surface area contributed by atoms with E-state index in [4.69, 9.17) is 0 Å². The SMILES string of the molecule is O=[N+]([O-])c1ccc(O)c2c1=NC1(CCCCC1)N=2. The average molecular weight is 247 g/mol. The van der Waals surface area contributed by atoms with Crippen LogP contribution in [0, 0.1) is 10.1 Å². The molecule has 1 aromatic carbocycles. The fourth-order valence-electron chi connectivity index (χ4n) is 2.71. The van der Waals surface area contributed by atoms with Gasteiger partial charge in [0.25, 0.3) is 5.69 Å². The zero-order chi connectivity index (χ0) is 12.8. The molecule has 1 heterocycles. The van der Waals surface area contributed by atoms with Crippen molar-refractivity contribution in [3.05, 3.63) is 33.0 Å². The molecule has 1 aliphatic carbocycles. The van der Waals surface area contributed by atoms with Crippen LogP contribution >= 0.6 is 0 Å². The van der Waals surface area contributed by atoms with Crippen LogP contribution in [0.15, 0.2) is 22.1 Å². The first-order valence-electron chi connectivity index (χ1n) is 6.07. The molecule has 1 N–H and O–H groups in total. The molecule has 1 aliphatic heterocycles. The van der Waals surface area contributed by atoms with Crippen molar-refractivity contribution in [2.75, 3.05) is 0 Å². The van der Waals surface area contributed by atoms with Gasteiger partial charge in [0.1, 0.15) is 11.1 Å². The maximum Gasteiger partial charge on any atom is 0.296 e. The number of hydrogen-bond donors (Lipinski definition) is 1. The minimum Gasteiger partial charge on any atom is -0.506 e. The first kappa shape index (κ1) is 11.1. The summed E-state index contributed by atoms with van der Waals surface area (Å²) >= 11 is 0. The Labute approximate surface area is 103 Å². The molecule has 0 radical (unpaired) electrons. The molecule has 0 bridgehead atoms. The lowest BCUT2D eigenvalue weighted by Gasteiger charge is -2.27. The number of aromatic hydroxyl groups is 1. The van der Waals surface area contributed by atoms with Crippen molar-refractivity contribution in [2.45, 2.75) is 37.8 Å². The summed E-state index contributed by atoms with van der Waals surface area (Å²) in [5.74, 6) is -0.0261. The summed E-state index contributed by atoms with van der Waals surface area (Å²) in [6.45, 7) is 0. The van der Waals surface area contributed by atoms with Gasteiger partial charge in [-0.2, -0.15) is 0 Å². The van der Waals surface area contributed by atoms with E-state index in [0.717, 1.165) is 32.1 Å². The molecule has 1 aromatic rings. The number of phenols is 1. The Morgan fingerprint density at radius 2 is 1.83 bits per heavy atom. The zero-order valence-corrected chi connectivity index (χ0v) is 9.80. The van der Waals surface area contributed by atoms with Crippen molar-refractivity contribution < 1.29 is 10.0 Å². The second kappa shape index (κ2) is 3.76. The van der Waals surface area contributed by atoms with Gasteiger partial charge in [-0.3, -0.25) is 10.1 Å². The lowest BCUT2D eigenvalue weighted by atomic mass is 9.90. The van der Waals surface area contributed by atoms with Gasteiger partial charge in [-0.1, -0.05) is 6.42 Å². The fraction of sp³-hybridized carbons (Fsp3) is 0.500. The minimum atomic E-state index is -0.565. The molecular formula is C12H13N3O3. The third kappa shape index (κ3) is 1.56. The molecule has 94 valence electrons. The van der Waals surface area contributed by atoms with Gasteiger partial charge in [0.05, 0.1) is 4.92 Å². The van der Waals surface area contributed by atoms with Crippen molar-refractivity contribution in [3.63, 3.8) is 0 Å². The quantitative estimate of drug-likeness (QED) is 0.597. The molecule has 0 amide bonds. The summed E-state index contributed by atoms with van der Waals surface area (Å²) in [5.41, 5.74) is -0.640. The molecule has 6 heteroatoms. The van der Waals surface area contributed by atoms with Crippen molar-refractivity contribution in [1.29, 1.82) is 0 Å². The summed E-state index contributed by atoms with van der Waals surface area (Å²) in [6.07, 6.45) is 4.80. The normalized spacial score (nSPS) is 20.0. The number of fused-ring (bicyclic) bond motifs is 1. The minimum absolute atomic E-state index is 0.0261. The predicted molar refractivity (Wildman–Crippen MR) is 62.9 cm³/mol. The van der Waals surface area contributed by atoms with Crippen LogP contribution in [-0.2, 0) is 0 Å². The van der Waals surface area contributed by atoms with E-state index in [1.165, 1.54) is 12.1 Å². The number of hydrogen-bond acceptors (Lipinski definition) is 5. The van der Waals surface area contributed by atoms with Crippen molar-refractivity contribution >= 4 is 5.69 Å². The summed E-state index contributed by atoms with van der Waals surface area (Å²) in [7, 11) is 0. The van der Waals surface area contributed by atoms with E-state index in [1.807, 2.05) is 0 Å². The van der Waals surface area contributed by atoms with Crippen LogP contribution in [0.2, 0.25) is 0 Å². The Morgan fingerprint density at radius 1 is 1.17 bits per heavy atom. The maximum absolute atomic E-state index is 11.0. The molecular weight excluding hydrogens is 234 g/mol. The van der Waals surface area contributed by atoms with Gasteiger partial charge in [0, 0.05) is 6.07 Å². The highest BCUT2D eigenvalue weighted by Gasteiger charge is 2.35. The molecule has 18 heavy (non-hydrogen) atoms. The standard InChI is InChI=1S/C12H13N3O3/c16-9-5-4-8(15(17)18)10-11(9)14-12(13-10)6-2-1-3-7-12/h4-5,16H,1-3,6-7H2. The Hall–Kier alpha value is -1.98. The number of nitro benzene ring substituents is 1. The highest BCUT2D eigenvalue weighted by Crippen LogP contribution is 2.33. The Kier molecular flexibility index (Phi) is 2.33. The Morgan fingerprint density at radius 3 is 2.50 bits per heavy atom. The molecule has 6 nitrogen and oxygen atoms in total. The molecule has 0 saturated heterocycles. The van der Waals surface area contributed by atoms with Gasteiger partial charge in [-0.15, -0.1) is 0 Å². The van der Waals surface area contributed by atoms with E-state index in [2.05, 4.69) is 9.98 Å². The fourth-order valence-corrected chi connectivity index (χ4v) is 2.71. The summed E-state index contributed by atoms with van der Waals surface area (Å²) < 4.78 is 0. The second-order valence-corrected chi connectivity index (χ2v) is 4.82. The van der Waals surface area contributed by atoms with Gasteiger partial charge in [-0.05, 0) is 31.7 Å². The molecule has 3 rings (SSSR count). The van der Waals surface area contributed by atoms with Crippen LogP contribution < -0.4 is 10.7 Å². The maximum atomic E-state index is 11.0. The molecule has 1 saturated carbocycles. The van der Waals surface area contributed by atoms with Crippen LogP contribution in [0.3, 0.4) is 0 Å². The smallest absolute Gasteiger partial charge is 0.296 e. The van der Waals surface area contributed by atoms with Gasteiger partial charge in [0.15, 0.2) is 11.0 Å². The lowest BCUT2D eigenvalue weighted by molar-refractivity contribution is -0.386. The van der Waals surface area contributed by atoms with Crippen molar-refractivity contribution in [2.24, 2.45) is 9.98 Å². The molecule has 1 spiro atoms. The molecule has 0 unspecified atom stereocenters. The number of non-ortho nitro benzene ring substituents is 1. The Balaban J connectivity index is 2.24. The zero-order valence-electron chi connectivity index (χ0n) is 9.80. The van der Waals surface area contributed by atoms with Gasteiger partial charge < -0.3 is 5.11 Å². The van der Waals surface area contributed by atoms with E-state index in [0.29, 0.717) is 0 Å². The van der Waals surface area contributed by atoms with Gasteiger partial charge >= 0.3 is 0 Å². The first-order chi connectivity index (χ1) is 8.61. The summed E-state index contributed by atoms with van der Waals surface area (Å²) in [6, 6.07) is 2.60. The van der Waals surface area contributed by atoms with Crippen LogP contribution in [0.25, 0.3) is 0 Å². The highest BCUT2D eigenvalue weighted by atomic mass is 16.6. The number of benzene rings is 1. The van der Waals surface area contributed by atoms with E-state index in [1.54, 1.807) is 0 Å². The lowest BCUT2D eigenvalue weighted by Crippen LogP contribution is -2.26. The predicted octanol–water partition coefficient (Wildman–Crippen LogP) is 1.21. The topological polar surface area (TPSA) is 88.1 Å². The average Bonchev–Trinajstić information content (AvgIpc) is 2.70. The van der Waals surface area contributed by atoms with E-state index < -0.39 is 10.6 Å². The van der Waals surface area contributed by atoms with Crippen LogP contribution in [-0.4, -0.2) is 15.7 Å². The largest absolute Gasteiger partial charge is 0.506 e. The van der Waals surface area contributed by atoms with Crippen LogP contribution in [0.4, 0.5) is 5.69 Å². The summed E-state index contributed by atoms with van der Waals surface area (Å²) in [4.78, 5) is 19.4. The van der Waals surface area contributed by atoms with Gasteiger partial charge in [-0.25, -0.2) is 9.98 Å². The third-order valence-electron chi connectivity index (χ3n) is 3.60. The number of phenolic OH excluding ortho intramolecular Hbond substituents is 1. The molecule has 0 atom stereocenters. The molecule has 0 aromatic heterocycles. The highest BCUT2D eigenvalue weighted by molar-refractivity contribution is 5.36. The third-order valence-corrected chi connectivity index (χ3v) is 3.60. The van der Waals surface area contributed by atoms with Crippen molar-refractivity contribution in [3.8, 4) is 5.75 Å². The second-order valence-electron chi connectivity index (χ2n) is 4.82. The van der Waals surface area contributed by atoms with Crippen molar-refractivity contribution in [1.82, 2.24) is 0 Å². The number of nitro groups is 1. The van der Waals surface area contributed by atoms with E-state index in [9.17, 15) is 15.2 Å². The summed E-state index contributed by atoms with van der Waals surface area (Å²) in [5, 5.41) is 21.3. The first-order valence-corrected chi connectivity index (χ1v) is 6.07. The monoisotopic (exact) mass is 247 g/mol. The Bertz CT molecular complexity index is 633. The van der Waals surface area contributed by atoms with E-state index in [-0.39, 0.29) is 22.2 Å². The van der Waals surface area contributed by atoms with E-state index >= 15 is 0 Å². The van der Waals surface area contributed by atoms with Crippen LogP contribution in [0.5, 0.6) is 5.75 Å². The van der Waals surface area contributed by atoms with Crippen LogP contribution in [0.1, 0.15) is 32.1 Å².